The van der Waals surface area contributed by atoms with Gasteiger partial charge in [-0.1, -0.05) is 33.6 Å². The van der Waals surface area contributed by atoms with Gasteiger partial charge in [0, 0.05) is 0 Å². The van der Waals surface area contributed by atoms with Crippen molar-refractivity contribution < 1.29 is 0 Å². The second kappa shape index (κ2) is 3.93. The van der Waals surface area contributed by atoms with Gasteiger partial charge < -0.3 is 0 Å². The number of hydrogen-bond donors (Lipinski definition) is 0. The van der Waals surface area contributed by atoms with Crippen molar-refractivity contribution in [2.45, 2.75) is 59.8 Å². The molecule has 1 rings (SSSR count). The second-order valence-corrected chi connectivity index (χ2v) is 6.08. The molecule has 0 heterocycles. The molecule has 1 aliphatic carbocycles. The summed E-state index contributed by atoms with van der Waals surface area (Å²) in [6.07, 6.45) is 6.03. The molecule has 0 aromatic heterocycles. The predicted molar refractivity (Wildman–Crippen MR) is 59.8 cm³/mol. The largest absolute Gasteiger partial charge is 0.198 e. The number of rotatable bonds is 2. The van der Waals surface area contributed by atoms with Crippen LogP contribution < -0.4 is 0 Å². The van der Waals surface area contributed by atoms with Crippen LogP contribution in [-0.4, -0.2) is 0 Å². The van der Waals surface area contributed by atoms with Crippen molar-refractivity contribution >= 4 is 0 Å². The Balaban J connectivity index is 2.73. The van der Waals surface area contributed by atoms with E-state index in [1.165, 1.54) is 19.3 Å². The van der Waals surface area contributed by atoms with Gasteiger partial charge >= 0.3 is 0 Å². The zero-order valence-electron chi connectivity index (χ0n) is 10.1. The third-order valence-corrected chi connectivity index (χ3v) is 3.42. The summed E-state index contributed by atoms with van der Waals surface area (Å²) in [5.41, 5.74) is 0.296. The molecule has 1 saturated carbocycles. The Morgan fingerprint density at radius 2 is 1.93 bits per heavy atom. The normalized spacial score (nSPS) is 36.4. The van der Waals surface area contributed by atoms with Crippen molar-refractivity contribution in [2.24, 2.45) is 16.7 Å². The molecule has 0 N–H and O–H groups in total. The van der Waals surface area contributed by atoms with Crippen LogP contribution in [-0.2, 0) is 0 Å². The number of nitriles is 1. The highest BCUT2D eigenvalue weighted by Crippen LogP contribution is 2.49. The van der Waals surface area contributed by atoms with E-state index < -0.39 is 0 Å². The molecule has 2 atom stereocenters. The molecule has 0 saturated heterocycles. The first-order chi connectivity index (χ1) is 6.41. The van der Waals surface area contributed by atoms with Crippen molar-refractivity contribution in [3.63, 3.8) is 0 Å². The van der Waals surface area contributed by atoms with Crippen LogP contribution in [0, 0.1) is 28.1 Å². The first kappa shape index (κ1) is 11.6. The molecule has 0 aromatic carbocycles. The van der Waals surface area contributed by atoms with Gasteiger partial charge in [-0.3, -0.25) is 0 Å². The summed E-state index contributed by atoms with van der Waals surface area (Å²) in [6.45, 7) is 9.00. The molecule has 0 aliphatic heterocycles. The SMILES string of the molecule is CCCC1CC(C)(C)CC(C)(C#N)C1. The lowest BCUT2D eigenvalue weighted by Gasteiger charge is -2.43. The average molecular weight is 193 g/mol. The minimum Gasteiger partial charge on any atom is -0.198 e. The Morgan fingerprint density at radius 1 is 1.29 bits per heavy atom. The quantitative estimate of drug-likeness (QED) is 0.646. The van der Waals surface area contributed by atoms with E-state index in [4.69, 9.17) is 0 Å². The zero-order valence-corrected chi connectivity index (χ0v) is 10.1. The lowest BCUT2D eigenvalue weighted by Crippen LogP contribution is -2.34. The summed E-state index contributed by atoms with van der Waals surface area (Å²) in [4.78, 5) is 0. The minimum absolute atomic E-state index is 0.0679. The molecule has 14 heavy (non-hydrogen) atoms. The summed E-state index contributed by atoms with van der Waals surface area (Å²) in [7, 11) is 0. The fourth-order valence-electron chi connectivity index (χ4n) is 3.39. The molecule has 1 nitrogen and oxygen atoms in total. The van der Waals surface area contributed by atoms with Gasteiger partial charge in [0.2, 0.25) is 0 Å². The van der Waals surface area contributed by atoms with Gasteiger partial charge in [0.05, 0.1) is 11.5 Å². The van der Waals surface area contributed by atoms with E-state index in [1.54, 1.807) is 0 Å². The van der Waals surface area contributed by atoms with Gasteiger partial charge in [0.1, 0.15) is 0 Å². The topological polar surface area (TPSA) is 23.8 Å². The van der Waals surface area contributed by atoms with Crippen molar-refractivity contribution in [1.29, 1.82) is 5.26 Å². The third kappa shape index (κ3) is 2.74. The van der Waals surface area contributed by atoms with Crippen LogP contribution in [0.4, 0.5) is 0 Å². The minimum atomic E-state index is -0.0679. The summed E-state index contributed by atoms with van der Waals surface area (Å²) in [5, 5.41) is 9.22. The van der Waals surface area contributed by atoms with Crippen molar-refractivity contribution in [2.75, 3.05) is 0 Å². The molecule has 0 bridgehead atoms. The van der Waals surface area contributed by atoms with Crippen molar-refractivity contribution in [3.05, 3.63) is 0 Å². The molecule has 0 aromatic rings. The van der Waals surface area contributed by atoms with E-state index in [0.29, 0.717) is 5.41 Å². The van der Waals surface area contributed by atoms with Gasteiger partial charge in [-0.15, -0.1) is 0 Å². The maximum atomic E-state index is 9.22. The van der Waals surface area contributed by atoms with Gasteiger partial charge in [0.25, 0.3) is 0 Å². The molecule has 0 amide bonds. The smallest absolute Gasteiger partial charge is 0.0687 e. The Morgan fingerprint density at radius 3 is 2.43 bits per heavy atom. The highest BCUT2D eigenvalue weighted by molar-refractivity contribution is 5.03. The summed E-state index contributed by atoms with van der Waals surface area (Å²) >= 11 is 0. The lowest BCUT2D eigenvalue weighted by molar-refractivity contribution is 0.0874. The predicted octanol–water partition coefficient (Wildman–Crippen LogP) is 4.14. The van der Waals surface area contributed by atoms with Crippen LogP contribution in [0.1, 0.15) is 59.8 Å². The van der Waals surface area contributed by atoms with Crippen LogP contribution in [0.25, 0.3) is 0 Å². The molecule has 1 fully saturated rings. The highest BCUT2D eigenvalue weighted by atomic mass is 14.5. The Kier molecular flexibility index (Phi) is 3.24. The Bertz CT molecular complexity index is 236. The lowest BCUT2D eigenvalue weighted by atomic mass is 9.60. The maximum absolute atomic E-state index is 9.22. The van der Waals surface area contributed by atoms with E-state index in [9.17, 15) is 5.26 Å². The highest BCUT2D eigenvalue weighted by Gasteiger charge is 2.40. The van der Waals surface area contributed by atoms with Gasteiger partial charge in [0.15, 0.2) is 0 Å². The van der Waals surface area contributed by atoms with E-state index in [0.717, 1.165) is 18.8 Å². The summed E-state index contributed by atoms with van der Waals surface area (Å²) in [5.74, 6) is 0.772. The van der Waals surface area contributed by atoms with E-state index in [-0.39, 0.29) is 5.41 Å². The fourth-order valence-corrected chi connectivity index (χ4v) is 3.39. The molecule has 2 unspecified atom stereocenters. The van der Waals surface area contributed by atoms with E-state index in [1.807, 2.05) is 0 Å². The van der Waals surface area contributed by atoms with E-state index >= 15 is 0 Å². The second-order valence-electron chi connectivity index (χ2n) is 6.08. The molecule has 0 radical (unpaired) electrons. The van der Waals surface area contributed by atoms with Crippen LogP contribution >= 0.6 is 0 Å². The van der Waals surface area contributed by atoms with Crippen LogP contribution in [0.3, 0.4) is 0 Å². The van der Waals surface area contributed by atoms with E-state index in [2.05, 4.69) is 33.8 Å². The maximum Gasteiger partial charge on any atom is 0.0687 e. The molecule has 0 spiro atoms. The first-order valence-corrected chi connectivity index (χ1v) is 5.82. The van der Waals surface area contributed by atoms with Crippen LogP contribution in [0.15, 0.2) is 0 Å². The Hall–Kier alpha value is -0.510. The monoisotopic (exact) mass is 193 g/mol. The number of hydrogen-bond acceptors (Lipinski definition) is 1. The van der Waals surface area contributed by atoms with Crippen molar-refractivity contribution in [3.8, 4) is 6.07 Å². The first-order valence-electron chi connectivity index (χ1n) is 5.82. The number of nitrogens with zero attached hydrogens (tertiary/aromatic N) is 1. The molecular formula is C13H23N. The van der Waals surface area contributed by atoms with Gasteiger partial charge in [-0.2, -0.15) is 5.26 Å². The molecule has 1 aliphatic rings. The van der Waals surface area contributed by atoms with Crippen molar-refractivity contribution in [1.82, 2.24) is 0 Å². The van der Waals surface area contributed by atoms with Gasteiger partial charge in [-0.05, 0) is 37.5 Å². The zero-order chi connectivity index (χ0) is 10.8. The van der Waals surface area contributed by atoms with Crippen LogP contribution in [0.2, 0.25) is 0 Å². The van der Waals surface area contributed by atoms with Gasteiger partial charge in [-0.25, -0.2) is 0 Å². The fraction of sp³-hybridized carbons (Fsp3) is 0.923. The Labute approximate surface area is 88.5 Å². The third-order valence-electron chi connectivity index (χ3n) is 3.42. The molecular weight excluding hydrogens is 170 g/mol. The molecule has 80 valence electrons. The standard InChI is InChI=1S/C13H23N/c1-5-6-11-7-12(2,3)9-13(4,8-11)10-14/h11H,5-9H2,1-4H3. The summed E-state index contributed by atoms with van der Waals surface area (Å²) < 4.78 is 0. The van der Waals surface area contributed by atoms with Crippen LogP contribution in [0.5, 0.6) is 0 Å². The average Bonchev–Trinajstić information content (AvgIpc) is 2.01. The molecule has 1 heteroatoms. The summed E-state index contributed by atoms with van der Waals surface area (Å²) in [6, 6.07) is 2.52.